The molecule has 1 unspecified atom stereocenters. The van der Waals surface area contributed by atoms with Gasteiger partial charge in [0.25, 0.3) is 0 Å². The van der Waals surface area contributed by atoms with Gasteiger partial charge in [0.2, 0.25) is 10.0 Å². The van der Waals surface area contributed by atoms with Crippen molar-refractivity contribution in [2.24, 2.45) is 5.73 Å². The van der Waals surface area contributed by atoms with E-state index < -0.39 is 16.2 Å². The van der Waals surface area contributed by atoms with Crippen LogP contribution in [0.5, 0.6) is 0 Å². The monoisotopic (exact) mass is 492 g/mol. The molecule has 4 aromatic rings. The maximum absolute atomic E-state index is 13.0. The summed E-state index contributed by atoms with van der Waals surface area (Å²) in [5.41, 5.74) is 9.15. The van der Waals surface area contributed by atoms with Gasteiger partial charge in [0.1, 0.15) is 6.17 Å². The fourth-order valence-corrected chi connectivity index (χ4v) is 6.71. The number of fused-ring (bicyclic) bond motifs is 1. The predicted octanol–water partition coefficient (Wildman–Crippen LogP) is 5.60. The molecule has 1 aromatic heterocycles. The van der Waals surface area contributed by atoms with Crippen molar-refractivity contribution in [1.82, 2.24) is 9.29 Å². The van der Waals surface area contributed by atoms with Crippen LogP contribution in [-0.2, 0) is 10.0 Å². The molecule has 1 saturated heterocycles. The van der Waals surface area contributed by atoms with Gasteiger partial charge in [0, 0.05) is 24.0 Å². The lowest BCUT2D eigenvalue weighted by atomic mass is 10.0. The molecule has 1 aliphatic heterocycles. The second kappa shape index (κ2) is 9.84. The minimum absolute atomic E-state index is 0.338. The Bertz CT molecular complexity index is 1370. The highest BCUT2D eigenvalue weighted by atomic mass is 32.2. The first-order valence-electron chi connectivity index (χ1n) is 11.6. The van der Waals surface area contributed by atoms with E-state index in [1.807, 2.05) is 41.8 Å². The molecule has 0 aliphatic carbocycles. The fraction of sp³-hybridized carbons (Fsp3) is 0.269. The molecule has 6 nitrogen and oxygen atoms in total. The SMILES string of the molecule is NC(Nc1nc(-c2ccc(S(=O)(=O)N3CCCCCC3)cc2)cs1)c1cccc2ccccc12. The van der Waals surface area contributed by atoms with Gasteiger partial charge < -0.3 is 11.1 Å². The summed E-state index contributed by atoms with van der Waals surface area (Å²) in [6.45, 7) is 1.20. The van der Waals surface area contributed by atoms with Crippen LogP contribution >= 0.6 is 11.3 Å². The molecule has 0 saturated carbocycles. The molecule has 0 bridgehead atoms. The summed E-state index contributed by atoms with van der Waals surface area (Å²) in [6, 6.07) is 21.3. The van der Waals surface area contributed by atoms with Gasteiger partial charge in [0.05, 0.1) is 10.6 Å². The lowest BCUT2D eigenvalue weighted by Crippen LogP contribution is -2.31. The summed E-state index contributed by atoms with van der Waals surface area (Å²) in [4.78, 5) is 5.03. The van der Waals surface area contributed by atoms with Gasteiger partial charge in [-0.2, -0.15) is 4.31 Å². The predicted molar refractivity (Wildman–Crippen MR) is 139 cm³/mol. The molecular weight excluding hydrogens is 464 g/mol. The van der Waals surface area contributed by atoms with Gasteiger partial charge in [-0.1, -0.05) is 67.4 Å². The molecule has 34 heavy (non-hydrogen) atoms. The molecule has 0 spiro atoms. The molecule has 3 aromatic carbocycles. The number of anilines is 1. The van der Waals surface area contributed by atoms with E-state index in [0.717, 1.165) is 58.4 Å². The Kier molecular flexibility index (Phi) is 6.65. The molecule has 5 rings (SSSR count). The molecule has 3 N–H and O–H groups in total. The van der Waals surface area contributed by atoms with Crippen LogP contribution in [0.25, 0.3) is 22.0 Å². The van der Waals surface area contributed by atoms with E-state index >= 15 is 0 Å². The molecule has 1 atom stereocenters. The topological polar surface area (TPSA) is 88.3 Å². The first-order chi connectivity index (χ1) is 16.5. The zero-order valence-corrected chi connectivity index (χ0v) is 20.5. The van der Waals surface area contributed by atoms with Crippen LogP contribution in [0.15, 0.2) is 77.0 Å². The number of hydrogen-bond donors (Lipinski definition) is 2. The average Bonchev–Trinajstić information content (AvgIpc) is 3.14. The van der Waals surface area contributed by atoms with E-state index in [-0.39, 0.29) is 0 Å². The van der Waals surface area contributed by atoms with Gasteiger partial charge in [-0.15, -0.1) is 11.3 Å². The van der Waals surface area contributed by atoms with Gasteiger partial charge in [-0.3, -0.25) is 0 Å². The zero-order chi connectivity index (χ0) is 23.5. The maximum atomic E-state index is 13.0. The quantitative estimate of drug-likeness (QED) is 0.342. The van der Waals surface area contributed by atoms with E-state index in [2.05, 4.69) is 28.5 Å². The highest BCUT2D eigenvalue weighted by Gasteiger charge is 2.25. The number of thiazole rings is 1. The number of aromatic nitrogens is 1. The van der Waals surface area contributed by atoms with E-state index in [4.69, 9.17) is 5.73 Å². The second-order valence-electron chi connectivity index (χ2n) is 8.57. The summed E-state index contributed by atoms with van der Waals surface area (Å²) in [6.07, 6.45) is 3.64. The third kappa shape index (κ3) is 4.72. The number of nitrogens with two attached hydrogens (primary N) is 1. The van der Waals surface area contributed by atoms with Crippen LogP contribution in [-0.4, -0.2) is 30.8 Å². The standard InChI is InChI=1S/C26H28N4O2S2/c27-25(23-11-7-9-19-8-3-4-10-22(19)23)29-26-28-24(18-33-26)20-12-14-21(15-13-20)34(31,32)30-16-5-1-2-6-17-30/h3-4,7-15,18,25H,1-2,5-6,16-17,27H2,(H,28,29). The Morgan fingerprint density at radius 1 is 0.912 bits per heavy atom. The summed E-state index contributed by atoms with van der Waals surface area (Å²) in [7, 11) is -3.46. The fourth-order valence-electron chi connectivity index (χ4n) is 4.43. The number of nitrogens with one attached hydrogen (secondary N) is 1. The van der Waals surface area contributed by atoms with Crippen molar-refractivity contribution < 1.29 is 8.42 Å². The Hall–Kier alpha value is -2.78. The number of nitrogens with zero attached hydrogens (tertiary/aromatic N) is 2. The van der Waals surface area contributed by atoms with Crippen molar-refractivity contribution in [1.29, 1.82) is 0 Å². The normalized spacial score (nSPS) is 16.3. The molecule has 176 valence electrons. The minimum Gasteiger partial charge on any atom is -0.342 e. The first kappa shape index (κ1) is 23.0. The molecule has 1 aliphatic rings. The number of hydrogen-bond acceptors (Lipinski definition) is 6. The molecule has 0 amide bonds. The van der Waals surface area contributed by atoms with Crippen molar-refractivity contribution in [2.45, 2.75) is 36.7 Å². The third-order valence-electron chi connectivity index (χ3n) is 6.29. The molecule has 1 fully saturated rings. The Balaban J connectivity index is 1.31. The average molecular weight is 493 g/mol. The second-order valence-corrected chi connectivity index (χ2v) is 11.4. The minimum atomic E-state index is -3.46. The van der Waals surface area contributed by atoms with E-state index in [9.17, 15) is 8.42 Å². The highest BCUT2D eigenvalue weighted by Crippen LogP contribution is 2.30. The van der Waals surface area contributed by atoms with E-state index in [1.54, 1.807) is 16.4 Å². The zero-order valence-electron chi connectivity index (χ0n) is 18.9. The Labute approximate surface area is 204 Å². The largest absolute Gasteiger partial charge is 0.342 e. The Morgan fingerprint density at radius 2 is 1.62 bits per heavy atom. The van der Waals surface area contributed by atoms with Gasteiger partial charge in [-0.25, -0.2) is 13.4 Å². The number of rotatable bonds is 6. The van der Waals surface area contributed by atoms with Crippen LogP contribution < -0.4 is 11.1 Å². The van der Waals surface area contributed by atoms with Gasteiger partial charge >= 0.3 is 0 Å². The van der Waals surface area contributed by atoms with Crippen LogP contribution in [0, 0.1) is 0 Å². The summed E-state index contributed by atoms with van der Waals surface area (Å²) in [5, 5.41) is 8.24. The van der Waals surface area contributed by atoms with Crippen molar-refractivity contribution >= 4 is 37.3 Å². The van der Waals surface area contributed by atoms with Gasteiger partial charge in [-0.05, 0) is 41.3 Å². The molecule has 8 heteroatoms. The van der Waals surface area contributed by atoms with E-state index in [1.165, 1.54) is 11.3 Å². The van der Waals surface area contributed by atoms with Crippen molar-refractivity contribution in [3.05, 3.63) is 77.7 Å². The number of sulfonamides is 1. The van der Waals surface area contributed by atoms with Crippen LogP contribution in [0.1, 0.15) is 37.4 Å². The van der Waals surface area contributed by atoms with Crippen LogP contribution in [0.3, 0.4) is 0 Å². The van der Waals surface area contributed by atoms with Crippen molar-refractivity contribution in [2.75, 3.05) is 18.4 Å². The summed E-state index contributed by atoms with van der Waals surface area (Å²) < 4.78 is 27.7. The van der Waals surface area contributed by atoms with Crippen molar-refractivity contribution in [3.8, 4) is 11.3 Å². The van der Waals surface area contributed by atoms with Crippen LogP contribution in [0.4, 0.5) is 5.13 Å². The molecule has 2 heterocycles. The highest BCUT2D eigenvalue weighted by molar-refractivity contribution is 7.89. The van der Waals surface area contributed by atoms with Crippen molar-refractivity contribution in [3.63, 3.8) is 0 Å². The lowest BCUT2D eigenvalue weighted by Gasteiger charge is -2.20. The Morgan fingerprint density at radius 3 is 2.38 bits per heavy atom. The summed E-state index contributed by atoms with van der Waals surface area (Å²) in [5.74, 6) is 0. The first-order valence-corrected chi connectivity index (χ1v) is 13.9. The summed E-state index contributed by atoms with van der Waals surface area (Å²) >= 11 is 1.48. The number of benzene rings is 3. The smallest absolute Gasteiger partial charge is 0.243 e. The maximum Gasteiger partial charge on any atom is 0.243 e. The van der Waals surface area contributed by atoms with E-state index in [0.29, 0.717) is 18.0 Å². The van der Waals surface area contributed by atoms with Gasteiger partial charge in [0.15, 0.2) is 5.13 Å². The third-order valence-corrected chi connectivity index (χ3v) is 8.98. The lowest BCUT2D eigenvalue weighted by molar-refractivity contribution is 0.424. The molecular formula is C26H28N4O2S2. The van der Waals surface area contributed by atoms with Crippen LogP contribution in [0.2, 0.25) is 0 Å². The molecule has 0 radical (unpaired) electrons.